The zero-order chi connectivity index (χ0) is 13.4. The van der Waals surface area contributed by atoms with E-state index in [-0.39, 0.29) is 17.7 Å². The van der Waals surface area contributed by atoms with Crippen LogP contribution in [-0.4, -0.2) is 15.7 Å². The lowest BCUT2D eigenvalue weighted by molar-refractivity contribution is -0.117. The highest BCUT2D eigenvalue weighted by Crippen LogP contribution is 2.48. The predicted octanol–water partition coefficient (Wildman–Crippen LogP) is 2.82. The molecule has 98 valence electrons. The Morgan fingerprint density at radius 1 is 1.47 bits per heavy atom. The lowest BCUT2D eigenvalue weighted by Crippen LogP contribution is -2.15. The second-order valence-corrected chi connectivity index (χ2v) is 5.30. The molecule has 1 aliphatic rings. The second kappa shape index (κ2) is 4.70. The Balaban J connectivity index is 1.64. The zero-order valence-electron chi connectivity index (χ0n) is 10.5. The van der Waals surface area contributed by atoms with Gasteiger partial charge in [-0.15, -0.1) is 0 Å². The number of aromatic nitrogens is 2. The van der Waals surface area contributed by atoms with Gasteiger partial charge in [-0.1, -0.05) is 23.7 Å². The molecule has 1 fully saturated rings. The summed E-state index contributed by atoms with van der Waals surface area (Å²) in [7, 11) is 1.82. The van der Waals surface area contributed by atoms with Gasteiger partial charge in [0.25, 0.3) is 0 Å². The minimum atomic E-state index is 0.0282. The SMILES string of the molecule is Cn1ccc(NC(=O)[C@@H]2C[C@H]2c2cccc(Cl)c2)n1. The summed E-state index contributed by atoms with van der Waals surface area (Å²) < 4.78 is 1.66. The summed E-state index contributed by atoms with van der Waals surface area (Å²) in [4.78, 5) is 12.1. The van der Waals surface area contributed by atoms with E-state index < -0.39 is 0 Å². The largest absolute Gasteiger partial charge is 0.309 e. The van der Waals surface area contributed by atoms with Crippen molar-refractivity contribution in [3.63, 3.8) is 0 Å². The van der Waals surface area contributed by atoms with Gasteiger partial charge in [-0.25, -0.2) is 0 Å². The molecule has 0 bridgehead atoms. The van der Waals surface area contributed by atoms with E-state index in [0.29, 0.717) is 10.8 Å². The van der Waals surface area contributed by atoms with Crippen LogP contribution in [0.5, 0.6) is 0 Å². The fraction of sp³-hybridized carbons (Fsp3) is 0.286. The second-order valence-electron chi connectivity index (χ2n) is 4.87. The van der Waals surface area contributed by atoms with E-state index in [9.17, 15) is 4.79 Å². The Morgan fingerprint density at radius 3 is 3.00 bits per heavy atom. The van der Waals surface area contributed by atoms with Gasteiger partial charge in [-0.3, -0.25) is 9.48 Å². The number of carbonyl (C=O) groups excluding carboxylic acids is 1. The van der Waals surface area contributed by atoms with Crippen LogP contribution in [0.1, 0.15) is 17.9 Å². The van der Waals surface area contributed by atoms with Crippen LogP contribution in [0.2, 0.25) is 5.02 Å². The summed E-state index contributed by atoms with van der Waals surface area (Å²) in [5.74, 6) is 0.941. The van der Waals surface area contributed by atoms with E-state index in [4.69, 9.17) is 11.6 Å². The standard InChI is InChI=1S/C14H14ClN3O/c1-18-6-5-13(17-18)16-14(19)12-8-11(12)9-3-2-4-10(15)7-9/h2-7,11-12H,8H2,1H3,(H,16,17,19)/t11-,12+/m0/s1. The van der Waals surface area contributed by atoms with Crippen molar-refractivity contribution in [2.24, 2.45) is 13.0 Å². The van der Waals surface area contributed by atoms with E-state index in [2.05, 4.69) is 10.4 Å². The molecule has 5 heteroatoms. The fourth-order valence-electron chi connectivity index (χ4n) is 2.29. The summed E-state index contributed by atoms with van der Waals surface area (Å²) in [6.07, 6.45) is 2.68. The van der Waals surface area contributed by atoms with Gasteiger partial charge in [-0.05, 0) is 30.0 Å². The molecule has 2 atom stereocenters. The number of nitrogens with zero attached hydrogens (tertiary/aromatic N) is 2. The van der Waals surface area contributed by atoms with Gasteiger partial charge in [-0.2, -0.15) is 5.10 Å². The molecule has 1 N–H and O–H groups in total. The van der Waals surface area contributed by atoms with Crippen LogP contribution < -0.4 is 5.32 Å². The average Bonchev–Trinajstić information content (AvgIpc) is 3.08. The Morgan fingerprint density at radius 2 is 2.32 bits per heavy atom. The van der Waals surface area contributed by atoms with Crippen LogP contribution in [0.4, 0.5) is 5.82 Å². The maximum absolute atomic E-state index is 12.1. The van der Waals surface area contributed by atoms with E-state index in [1.54, 1.807) is 16.9 Å². The molecule has 0 unspecified atom stereocenters. The van der Waals surface area contributed by atoms with Gasteiger partial charge in [0.1, 0.15) is 0 Å². The molecule has 1 saturated carbocycles. The molecule has 0 spiro atoms. The van der Waals surface area contributed by atoms with E-state index in [1.807, 2.05) is 31.3 Å². The first-order valence-corrected chi connectivity index (χ1v) is 6.57. The number of carbonyl (C=O) groups is 1. The Labute approximate surface area is 116 Å². The van der Waals surface area contributed by atoms with Crippen molar-refractivity contribution in [3.05, 3.63) is 47.1 Å². The van der Waals surface area contributed by atoms with Crippen molar-refractivity contribution in [3.8, 4) is 0 Å². The monoisotopic (exact) mass is 275 g/mol. The fourth-order valence-corrected chi connectivity index (χ4v) is 2.49. The van der Waals surface area contributed by atoms with Crippen LogP contribution in [0.3, 0.4) is 0 Å². The molecule has 2 aromatic rings. The predicted molar refractivity (Wildman–Crippen MR) is 74.1 cm³/mol. The van der Waals surface area contributed by atoms with Crippen molar-refractivity contribution in [1.29, 1.82) is 0 Å². The first-order valence-electron chi connectivity index (χ1n) is 6.19. The quantitative estimate of drug-likeness (QED) is 0.936. The van der Waals surface area contributed by atoms with Crippen molar-refractivity contribution < 1.29 is 4.79 Å². The molecule has 19 heavy (non-hydrogen) atoms. The maximum atomic E-state index is 12.1. The molecule has 0 saturated heterocycles. The molecule has 1 aliphatic carbocycles. The van der Waals surface area contributed by atoms with E-state index >= 15 is 0 Å². The number of benzene rings is 1. The average molecular weight is 276 g/mol. The first kappa shape index (κ1) is 12.2. The highest BCUT2D eigenvalue weighted by Gasteiger charge is 2.44. The van der Waals surface area contributed by atoms with Crippen LogP contribution in [0.15, 0.2) is 36.5 Å². The minimum absolute atomic E-state index is 0.0282. The first-order chi connectivity index (χ1) is 9.13. The van der Waals surface area contributed by atoms with Gasteiger partial charge in [0.2, 0.25) is 5.91 Å². The van der Waals surface area contributed by atoms with Gasteiger partial charge in [0.05, 0.1) is 0 Å². The van der Waals surface area contributed by atoms with Crippen LogP contribution in [0, 0.1) is 5.92 Å². The summed E-state index contributed by atoms with van der Waals surface area (Å²) in [6, 6.07) is 9.50. The van der Waals surface area contributed by atoms with E-state index in [0.717, 1.165) is 12.0 Å². The van der Waals surface area contributed by atoms with Gasteiger partial charge in [0.15, 0.2) is 5.82 Å². The lowest BCUT2D eigenvalue weighted by atomic mass is 10.1. The Kier molecular flexibility index (Phi) is 3.03. The number of halogens is 1. The number of rotatable bonds is 3. The molecule has 1 aromatic carbocycles. The summed E-state index contributed by atoms with van der Waals surface area (Å²) in [5.41, 5.74) is 1.13. The summed E-state index contributed by atoms with van der Waals surface area (Å²) in [6.45, 7) is 0. The Bertz CT molecular complexity index is 623. The van der Waals surface area contributed by atoms with Gasteiger partial charge < -0.3 is 5.32 Å². The molecular weight excluding hydrogens is 262 g/mol. The number of aryl methyl sites for hydroxylation is 1. The van der Waals surface area contributed by atoms with E-state index in [1.165, 1.54) is 0 Å². The highest BCUT2D eigenvalue weighted by molar-refractivity contribution is 6.30. The topological polar surface area (TPSA) is 46.9 Å². The van der Waals surface area contributed by atoms with Crippen LogP contribution >= 0.6 is 11.6 Å². The maximum Gasteiger partial charge on any atom is 0.229 e. The van der Waals surface area contributed by atoms with Gasteiger partial charge in [0, 0.05) is 30.3 Å². The molecule has 1 heterocycles. The molecular formula is C14H14ClN3O. The smallest absolute Gasteiger partial charge is 0.229 e. The Hall–Kier alpha value is -1.81. The third kappa shape index (κ3) is 2.63. The van der Waals surface area contributed by atoms with Crippen LogP contribution in [-0.2, 0) is 11.8 Å². The number of hydrogen-bond donors (Lipinski definition) is 1. The normalized spacial score (nSPS) is 21.2. The number of amides is 1. The molecule has 0 radical (unpaired) electrons. The molecule has 4 nitrogen and oxygen atoms in total. The molecule has 1 amide bonds. The highest BCUT2D eigenvalue weighted by atomic mass is 35.5. The van der Waals surface area contributed by atoms with Crippen LogP contribution in [0.25, 0.3) is 0 Å². The van der Waals surface area contributed by atoms with Crippen molar-refractivity contribution in [2.45, 2.75) is 12.3 Å². The summed E-state index contributed by atoms with van der Waals surface area (Å²) >= 11 is 5.96. The number of nitrogens with one attached hydrogen (secondary N) is 1. The van der Waals surface area contributed by atoms with Crippen molar-refractivity contribution in [2.75, 3.05) is 5.32 Å². The lowest BCUT2D eigenvalue weighted by Gasteiger charge is -2.02. The third-order valence-electron chi connectivity index (χ3n) is 3.37. The van der Waals surface area contributed by atoms with Crippen molar-refractivity contribution in [1.82, 2.24) is 9.78 Å². The third-order valence-corrected chi connectivity index (χ3v) is 3.60. The summed E-state index contributed by atoms with van der Waals surface area (Å²) in [5, 5.41) is 7.69. The zero-order valence-corrected chi connectivity index (χ0v) is 11.3. The minimum Gasteiger partial charge on any atom is -0.309 e. The van der Waals surface area contributed by atoms with Crippen molar-refractivity contribution >= 4 is 23.3 Å². The molecule has 0 aliphatic heterocycles. The van der Waals surface area contributed by atoms with Gasteiger partial charge >= 0.3 is 0 Å². The number of hydrogen-bond acceptors (Lipinski definition) is 2. The number of anilines is 1. The molecule has 3 rings (SSSR count). The molecule has 1 aromatic heterocycles.